The largest absolute Gasteiger partial charge is 0.416 e. The molecule has 0 aromatic heterocycles. The van der Waals surface area contributed by atoms with E-state index in [2.05, 4.69) is 6.92 Å². The first kappa shape index (κ1) is 16.4. The SMILES string of the molecule is CCCCC[C@H]1CC[C@H](c2ccccc2C(F)(F)F)CC1. The van der Waals surface area contributed by atoms with Crippen molar-refractivity contribution in [2.24, 2.45) is 5.92 Å². The molecular formula is C18H25F3. The summed E-state index contributed by atoms with van der Waals surface area (Å²) < 4.78 is 39.3. The van der Waals surface area contributed by atoms with Crippen LogP contribution < -0.4 is 0 Å². The van der Waals surface area contributed by atoms with Gasteiger partial charge in [0.05, 0.1) is 5.56 Å². The zero-order chi connectivity index (χ0) is 15.3. The van der Waals surface area contributed by atoms with Gasteiger partial charge in [-0.15, -0.1) is 0 Å². The maximum Gasteiger partial charge on any atom is 0.416 e. The second-order valence-corrected chi connectivity index (χ2v) is 6.30. The number of unbranched alkanes of at least 4 members (excludes halogenated alkanes) is 2. The molecule has 1 fully saturated rings. The van der Waals surface area contributed by atoms with Gasteiger partial charge in [-0.2, -0.15) is 13.2 Å². The minimum atomic E-state index is -4.23. The van der Waals surface area contributed by atoms with Gasteiger partial charge in [0.25, 0.3) is 0 Å². The highest BCUT2D eigenvalue weighted by atomic mass is 19.4. The van der Waals surface area contributed by atoms with Gasteiger partial charge in [-0.05, 0) is 49.1 Å². The summed E-state index contributed by atoms with van der Waals surface area (Å²) in [4.78, 5) is 0. The maximum atomic E-state index is 13.1. The number of halogens is 3. The average Bonchev–Trinajstić information content (AvgIpc) is 2.47. The van der Waals surface area contributed by atoms with Crippen LogP contribution in [-0.4, -0.2) is 0 Å². The smallest absolute Gasteiger partial charge is 0.166 e. The summed E-state index contributed by atoms with van der Waals surface area (Å²) in [5.74, 6) is 0.816. The van der Waals surface area contributed by atoms with E-state index in [4.69, 9.17) is 0 Å². The Morgan fingerprint density at radius 1 is 1.00 bits per heavy atom. The number of alkyl halides is 3. The molecule has 0 unspecified atom stereocenters. The molecule has 2 rings (SSSR count). The molecule has 0 nitrogen and oxygen atoms in total. The Morgan fingerprint density at radius 3 is 2.29 bits per heavy atom. The van der Waals surface area contributed by atoms with Gasteiger partial charge in [0.15, 0.2) is 0 Å². The normalized spacial score (nSPS) is 23.2. The number of hydrogen-bond acceptors (Lipinski definition) is 0. The lowest BCUT2D eigenvalue weighted by atomic mass is 9.76. The second kappa shape index (κ2) is 7.33. The lowest BCUT2D eigenvalue weighted by molar-refractivity contribution is -0.138. The average molecular weight is 298 g/mol. The van der Waals surface area contributed by atoms with Crippen molar-refractivity contribution in [2.45, 2.75) is 70.4 Å². The molecule has 1 aliphatic carbocycles. The molecule has 0 saturated heterocycles. The zero-order valence-electron chi connectivity index (χ0n) is 12.8. The summed E-state index contributed by atoms with van der Waals surface area (Å²) in [6, 6.07) is 6.12. The maximum absolute atomic E-state index is 13.1. The first-order valence-corrected chi connectivity index (χ1v) is 8.18. The molecule has 0 aliphatic heterocycles. The molecule has 0 amide bonds. The molecule has 0 spiro atoms. The predicted octanol–water partition coefficient (Wildman–Crippen LogP) is 6.56. The van der Waals surface area contributed by atoms with E-state index in [0.717, 1.165) is 31.6 Å². The molecule has 1 aliphatic rings. The van der Waals surface area contributed by atoms with Crippen LogP contribution in [-0.2, 0) is 6.18 Å². The first-order chi connectivity index (χ1) is 10.0. The molecule has 118 valence electrons. The van der Waals surface area contributed by atoms with Crippen molar-refractivity contribution in [3.8, 4) is 0 Å². The van der Waals surface area contributed by atoms with Crippen molar-refractivity contribution < 1.29 is 13.2 Å². The Morgan fingerprint density at radius 2 is 1.67 bits per heavy atom. The third-order valence-corrected chi connectivity index (χ3v) is 4.77. The van der Waals surface area contributed by atoms with Gasteiger partial charge in [-0.1, -0.05) is 50.8 Å². The van der Waals surface area contributed by atoms with E-state index in [9.17, 15) is 13.2 Å². The van der Waals surface area contributed by atoms with Crippen LogP contribution in [0, 0.1) is 5.92 Å². The fraction of sp³-hybridized carbons (Fsp3) is 0.667. The van der Waals surface area contributed by atoms with Gasteiger partial charge in [-0.3, -0.25) is 0 Å². The third-order valence-electron chi connectivity index (χ3n) is 4.77. The van der Waals surface area contributed by atoms with Crippen LogP contribution in [0.4, 0.5) is 13.2 Å². The van der Waals surface area contributed by atoms with E-state index >= 15 is 0 Å². The quantitative estimate of drug-likeness (QED) is 0.540. The molecule has 0 radical (unpaired) electrons. The summed E-state index contributed by atoms with van der Waals surface area (Å²) in [5, 5.41) is 0. The first-order valence-electron chi connectivity index (χ1n) is 8.18. The topological polar surface area (TPSA) is 0 Å². The van der Waals surface area contributed by atoms with Crippen LogP contribution in [0.15, 0.2) is 24.3 Å². The molecule has 1 saturated carbocycles. The fourth-order valence-corrected chi connectivity index (χ4v) is 3.56. The third kappa shape index (κ3) is 4.49. The van der Waals surface area contributed by atoms with E-state index in [1.165, 1.54) is 37.8 Å². The van der Waals surface area contributed by atoms with Crippen LogP contribution >= 0.6 is 0 Å². The Labute approximate surface area is 125 Å². The molecule has 21 heavy (non-hydrogen) atoms. The Balaban J connectivity index is 1.97. The lowest BCUT2D eigenvalue weighted by Crippen LogP contribution is -2.17. The number of hydrogen-bond donors (Lipinski definition) is 0. The van der Waals surface area contributed by atoms with Crippen molar-refractivity contribution >= 4 is 0 Å². The van der Waals surface area contributed by atoms with Gasteiger partial charge in [0.2, 0.25) is 0 Å². The Bertz CT molecular complexity index is 428. The van der Waals surface area contributed by atoms with E-state index < -0.39 is 11.7 Å². The van der Waals surface area contributed by atoms with Crippen molar-refractivity contribution in [2.75, 3.05) is 0 Å². The molecule has 1 aromatic rings. The van der Waals surface area contributed by atoms with Crippen LogP contribution in [0.3, 0.4) is 0 Å². The molecule has 0 atom stereocenters. The second-order valence-electron chi connectivity index (χ2n) is 6.30. The van der Waals surface area contributed by atoms with Crippen LogP contribution in [0.5, 0.6) is 0 Å². The standard InChI is InChI=1S/C18H25F3/c1-2-3-4-7-14-10-12-15(13-11-14)16-8-5-6-9-17(16)18(19,20)21/h5-6,8-9,14-15H,2-4,7,10-13H2,1H3/t14-,15-. The molecule has 0 bridgehead atoms. The van der Waals surface area contributed by atoms with Crippen molar-refractivity contribution in [1.29, 1.82) is 0 Å². The highest BCUT2D eigenvalue weighted by Gasteiger charge is 2.35. The van der Waals surface area contributed by atoms with Gasteiger partial charge in [0, 0.05) is 0 Å². The summed E-state index contributed by atoms with van der Waals surface area (Å²) in [7, 11) is 0. The minimum absolute atomic E-state index is 0.0882. The molecular weight excluding hydrogens is 273 g/mol. The monoisotopic (exact) mass is 298 g/mol. The van der Waals surface area contributed by atoms with Crippen molar-refractivity contribution in [3.05, 3.63) is 35.4 Å². The predicted molar refractivity (Wildman–Crippen MR) is 80.3 cm³/mol. The minimum Gasteiger partial charge on any atom is -0.166 e. The van der Waals surface area contributed by atoms with Crippen molar-refractivity contribution in [3.63, 3.8) is 0 Å². The number of rotatable bonds is 5. The van der Waals surface area contributed by atoms with Crippen molar-refractivity contribution in [1.82, 2.24) is 0 Å². The Kier molecular flexibility index (Phi) is 5.72. The Hall–Kier alpha value is -0.990. The molecule has 0 N–H and O–H groups in total. The molecule has 1 aromatic carbocycles. The van der Waals surface area contributed by atoms with E-state index in [-0.39, 0.29) is 5.92 Å². The van der Waals surface area contributed by atoms with Gasteiger partial charge >= 0.3 is 6.18 Å². The molecule has 0 heterocycles. The summed E-state index contributed by atoms with van der Waals surface area (Å²) >= 11 is 0. The van der Waals surface area contributed by atoms with Crippen LogP contribution in [0.1, 0.15) is 75.3 Å². The van der Waals surface area contributed by atoms with Crippen LogP contribution in [0.25, 0.3) is 0 Å². The summed E-state index contributed by atoms with van der Waals surface area (Å²) in [6.07, 6.45) is 4.78. The highest BCUT2D eigenvalue weighted by molar-refractivity contribution is 5.33. The van der Waals surface area contributed by atoms with Gasteiger partial charge < -0.3 is 0 Å². The number of benzene rings is 1. The van der Waals surface area contributed by atoms with E-state index in [1.807, 2.05) is 0 Å². The zero-order valence-corrected chi connectivity index (χ0v) is 12.8. The van der Waals surface area contributed by atoms with Gasteiger partial charge in [0.1, 0.15) is 0 Å². The van der Waals surface area contributed by atoms with Crippen LogP contribution in [0.2, 0.25) is 0 Å². The fourth-order valence-electron chi connectivity index (χ4n) is 3.56. The summed E-state index contributed by atoms with van der Waals surface area (Å²) in [5.41, 5.74) is 0.0800. The van der Waals surface area contributed by atoms with E-state index in [0.29, 0.717) is 5.56 Å². The van der Waals surface area contributed by atoms with E-state index in [1.54, 1.807) is 12.1 Å². The lowest BCUT2D eigenvalue weighted by Gasteiger charge is -2.30. The highest BCUT2D eigenvalue weighted by Crippen LogP contribution is 2.42. The summed E-state index contributed by atoms with van der Waals surface area (Å²) in [6.45, 7) is 2.20. The molecule has 3 heteroatoms. The van der Waals surface area contributed by atoms with Gasteiger partial charge in [-0.25, -0.2) is 0 Å².